The van der Waals surface area contributed by atoms with E-state index in [1.807, 2.05) is 86.6 Å². The number of hydrogen-bond acceptors (Lipinski definition) is 4. The molecular formula is C31H35N3O4. The van der Waals surface area contributed by atoms with Gasteiger partial charge in [-0.1, -0.05) is 86.6 Å². The lowest BCUT2D eigenvalue weighted by atomic mass is 10.00. The molecule has 0 heterocycles. The van der Waals surface area contributed by atoms with Gasteiger partial charge >= 0.3 is 0 Å². The molecule has 3 aromatic rings. The van der Waals surface area contributed by atoms with Gasteiger partial charge in [0.15, 0.2) is 5.78 Å². The van der Waals surface area contributed by atoms with Gasteiger partial charge in [0, 0.05) is 12.0 Å². The van der Waals surface area contributed by atoms with Crippen LogP contribution in [0, 0.1) is 5.92 Å². The minimum absolute atomic E-state index is 0.186. The molecule has 0 aliphatic heterocycles. The third kappa shape index (κ3) is 7.87. The zero-order chi connectivity index (χ0) is 27.7. The first-order valence-electron chi connectivity index (χ1n) is 12.8. The van der Waals surface area contributed by atoms with Crippen LogP contribution in [-0.2, 0) is 20.8 Å². The molecule has 3 aromatic carbocycles. The quantitative estimate of drug-likeness (QED) is 0.361. The fourth-order valence-corrected chi connectivity index (χ4v) is 3.94. The van der Waals surface area contributed by atoms with E-state index in [2.05, 4.69) is 16.0 Å². The summed E-state index contributed by atoms with van der Waals surface area (Å²) in [5, 5.41) is 8.29. The number of carbonyl (C=O) groups is 4. The molecule has 0 radical (unpaired) electrons. The van der Waals surface area contributed by atoms with Gasteiger partial charge < -0.3 is 16.0 Å². The summed E-state index contributed by atoms with van der Waals surface area (Å²) < 4.78 is 0. The highest BCUT2D eigenvalue weighted by molar-refractivity contribution is 5.99. The second-order valence-electron chi connectivity index (χ2n) is 9.73. The van der Waals surface area contributed by atoms with Gasteiger partial charge in [0.05, 0.1) is 6.04 Å². The minimum Gasteiger partial charge on any atom is -0.345 e. The zero-order valence-electron chi connectivity index (χ0n) is 22.2. The van der Waals surface area contributed by atoms with Crippen molar-refractivity contribution in [1.29, 1.82) is 0 Å². The lowest BCUT2D eigenvalue weighted by molar-refractivity contribution is -0.132. The van der Waals surface area contributed by atoms with E-state index >= 15 is 0 Å². The van der Waals surface area contributed by atoms with Crippen molar-refractivity contribution >= 4 is 23.5 Å². The molecule has 0 aromatic heterocycles. The molecule has 0 fully saturated rings. The van der Waals surface area contributed by atoms with Crippen LogP contribution in [0.4, 0.5) is 0 Å². The Morgan fingerprint density at radius 3 is 1.76 bits per heavy atom. The molecule has 7 nitrogen and oxygen atoms in total. The maximum Gasteiger partial charge on any atom is 0.251 e. The van der Waals surface area contributed by atoms with Crippen molar-refractivity contribution in [2.24, 2.45) is 5.92 Å². The van der Waals surface area contributed by atoms with E-state index in [0.717, 1.165) is 16.7 Å². The van der Waals surface area contributed by atoms with Gasteiger partial charge in [-0.25, -0.2) is 0 Å². The first-order valence-corrected chi connectivity index (χ1v) is 12.8. The Hall–Kier alpha value is -4.26. The summed E-state index contributed by atoms with van der Waals surface area (Å²) >= 11 is 0. The van der Waals surface area contributed by atoms with Crippen LogP contribution in [0.2, 0.25) is 0 Å². The van der Waals surface area contributed by atoms with Crippen LogP contribution in [-0.4, -0.2) is 41.6 Å². The molecule has 3 unspecified atom stereocenters. The van der Waals surface area contributed by atoms with Crippen molar-refractivity contribution in [2.45, 2.75) is 52.2 Å². The van der Waals surface area contributed by atoms with Crippen LogP contribution in [0.5, 0.6) is 0 Å². The predicted octanol–water partition coefficient (Wildman–Crippen LogP) is 3.93. The summed E-state index contributed by atoms with van der Waals surface area (Å²) in [7, 11) is 0. The van der Waals surface area contributed by atoms with E-state index in [1.54, 1.807) is 19.1 Å². The predicted molar refractivity (Wildman–Crippen MR) is 148 cm³/mol. The van der Waals surface area contributed by atoms with Gasteiger partial charge in [-0.05, 0) is 48.6 Å². The lowest BCUT2D eigenvalue weighted by Gasteiger charge is -2.26. The Morgan fingerprint density at radius 1 is 0.658 bits per heavy atom. The summed E-state index contributed by atoms with van der Waals surface area (Å²) in [4.78, 5) is 51.1. The first kappa shape index (κ1) is 28.3. The number of Topliss-reactive ketones (excluding diaryl/α,β-unsaturated/α-hetero) is 1. The fourth-order valence-electron chi connectivity index (χ4n) is 3.94. The number of benzene rings is 3. The normalized spacial score (nSPS) is 13.2. The molecule has 0 aliphatic rings. The number of rotatable bonds is 11. The van der Waals surface area contributed by atoms with Crippen molar-refractivity contribution in [3.05, 3.63) is 96.1 Å². The van der Waals surface area contributed by atoms with Crippen molar-refractivity contribution in [2.75, 3.05) is 0 Å². The number of ketones is 1. The Bertz CT molecular complexity index is 1240. The topological polar surface area (TPSA) is 104 Å². The first-order chi connectivity index (χ1) is 18.2. The SMILES string of the molecule is CC(=O)C(C)NC(=O)C(Cc1ccccc1)NC(=O)C(NC(=O)c1ccc(-c2ccccc2)cc1)C(C)C. The van der Waals surface area contributed by atoms with Crippen molar-refractivity contribution in [1.82, 2.24) is 16.0 Å². The molecule has 0 saturated heterocycles. The number of hydrogen-bond donors (Lipinski definition) is 3. The van der Waals surface area contributed by atoms with Gasteiger partial charge in [-0.3, -0.25) is 19.2 Å². The van der Waals surface area contributed by atoms with Gasteiger partial charge in [0.1, 0.15) is 12.1 Å². The molecule has 198 valence electrons. The van der Waals surface area contributed by atoms with E-state index in [1.165, 1.54) is 6.92 Å². The van der Waals surface area contributed by atoms with Gasteiger partial charge in [-0.2, -0.15) is 0 Å². The summed E-state index contributed by atoms with van der Waals surface area (Å²) in [6.45, 7) is 6.65. The summed E-state index contributed by atoms with van der Waals surface area (Å²) in [5.41, 5.74) is 3.31. The highest BCUT2D eigenvalue weighted by atomic mass is 16.2. The Morgan fingerprint density at radius 2 is 1.21 bits per heavy atom. The average molecular weight is 514 g/mol. The van der Waals surface area contributed by atoms with E-state index in [9.17, 15) is 19.2 Å². The van der Waals surface area contributed by atoms with Crippen LogP contribution in [0.25, 0.3) is 11.1 Å². The van der Waals surface area contributed by atoms with Gasteiger partial charge in [0.25, 0.3) is 5.91 Å². The molecule has 0 aliphatic carbocycles. The largest absolute Gasteiger partial charge is 0.345 e. The van der Waals surface area contributed by atoms with E-state index in [4.69, 9.17) is 0 Å². The Balaban J connectivity index is 1.73. The summed E-state index contributed by atoms with van der Waals surface area (Å²) in [6, 6.07) is 23.8. The van der Waals surface area contributed by atoms with Crippen molar-refractivity contribution in [3.63, 3.8) is 0 Å². The van der Waals surface area contributed by atoms with E-state index in [0.29, 0.717) is 5.56 Å². The number of amides is 3. The maximum absolute atomic E-state index is 13.3. The molecule has 3 amide bonds. The molecule has 0 saturated carbocycles. The number of nitrogens with one attached hydrogen (secondary N) is 3. The Kier molecular flexibility index (Phi) is 9.93. The third-order valence-corrected chi connectivity index (χ3v) is 6.37. The second kappa shape index (κ2) is 13.3. The van der Waals surface area contributed by atoms with E-state index in [-0.39, 0.29) is 24.0 Å². The molecule has 0 spiro atoms. The van der Waals surface area contributed by atoms with Crippen LogP contribution >= 0.6 is 0 Å². The average Bonchev–Trinajstić information content (AvgIpc) is 2.92. The molecule has 3 atom stereocenters. The maximum atomic E-state index is 13.3. The third-order valence-electron chi connectivity index (χ3n) is 6.37. The summed E-state index contributed by atoms with van der Waals surface area (Å²) in [6.07, 6.45) is 0.239. The molecule has 7 heteroatoms. The highest BCUT2D eigenvalue weighted by Gasteiger charge is 2.30. The molecule has 38 heavy (non-hydrogen) atoms. The fraction of sp³-hybridized carbons (Fsp3) is 0.290. The molecule has 0 bridgehead atoms. The monoisotopic (exact) mass is 513 g/mol. The molecule has 3 N–H and O–H groups in total. The van der Waals surface area contributed by atoms with E-state index < -0.39 is 29.9 Å². The second-order valence-corrected chi connectivity index (χ2v) is 9.73. The smallest absolute Gasteiger partial charge is 0.251 e. The van der Waals surface area contributed by atoms with Gasteiger partial charge in [-0.15, -0.1) is 0 Å². The minimum atomic E-state index is -0.921. The van der Waals surface area contributed by atoms with Crippen molar-refractivity contribution < 1.29 is 19.2 Å². The van der Waals surface area contributed by atoms with Crippen molar-refractivity contribution in [3.8, 4) is 11.1 Å². The highest BCUT2D eigenvalue weighted by Crippen LogP contribution is 2.19. The zero-order valence-corrected chi connectivity index (χ0v) is 22.2. The van der Waals surface area contributed by atoms with Gasteiger partial charge in [0.2, 0.25) is 11.8 Å². The van der Waals surface area contributed by atoms with Crippen LogP contribution in [0.1, 0.15) is 43.6 Å². The summed E-state index contributed by atoms with van der Waals surface area (Å²) in [5.74, 6) is -1.74. The van der Waals surface area contributed by atoms with Crippen LogP contribution in [0.3, 0.4) is 0 Å². The van der Waals surface area contributed by atoms with Crippen LogP contribution in [0.15, 0.2) is 84.9 Å². The standard InChI is InChI=1S/C31H35N3O4/c1-20(2)28(34-29(36)26-17-15-25(16-18-26)24-13-9-6-10-14-24)31(38)33-27(19-23-11-7-5-8-12-23)30(37)32-21(3)22(4)35/h5-18,20-21,27-28H,19H2,1-4H3,(H,32,37)(H,33,38)(H,34,36). The lowest BCUT2D eigenvalue weighted by Crippen LogP contribution is -2.57. The Labute approximate surface area is 224 Å². The molecular weight excluding hydrogens is 478 g/mol. The number of carbonyl (C=O) groups excluding carboxylic acids is 4. The molecule has 3 rings (SSSR count). The van der Waals surface area contributed by atoms with Crippen LogP contribution < -0.4 is 16.0 Å².